The summed E-state index contributed by atoms with van der Waals surface area (Å²) in [5, 5.41) is 3.54. The molecule has 0 spiro atoms. The molecule has 1 heterocycles. The number of halogens is 1. The fraction of sp³-hybridized carbons (Fsp3) is 0.706. The number of nitrogens with zero attached hydrogens (tertiary/aromatic N) is 1. The summed E-state index contributed by atoms with van der Waals surface area (Å²) < 4.78 is 1.08. The normalized spacial score (nSPS) is 24.6. The molecule has 1 aromatic heterocycles. The van der Waals surface area contributed by atoms with Crippen LogP contribution in [-0.2, 0) is 6.42 Å². The van der Waals surface area contributed by atoms with Crippen LogP contribution in [0.1, 0.15) is 51.0 Å². The predicted molar refractivity (Wildman–Crippen MR) is 88.8 cm³/mol. The van der Waals surface area contributed by atoms with Crippen LogP contribution in [0.4, 0.5) is 0 Å². The predicted octanol–water partition coefficient (Wildman–Crippen LogP) is 4.58. The van der Waals surface area contributed by atoms with Crippen LogP contribution in [0.15, 0.2) is 22.9 Å². The van der Waals surface area contributed by atoms with Crippen molar-refractivity contribution >= 4 is 15.9 Å². The lowest BCUT2D eigenvalue weighted by Crippen LogP contribution is -2.37. The highest BCUT2D eigenvalue weighted by Crippen LogP contribution is 2.34. The smallest absolute Gasteiger partial charge is 0.0410 e. The van der Waals surface area contributed by atoms with Gasteiger partial charge in [0.15, 0.2) is 0 Å². The third kappa shape index (κ3) is 4.56. The maximum absolute atomic E-state index is 4.28. The second-order valence-electron chi connectivity index (χ2n) is 6.18. The number of likely N-dealkylation sites (N-methyl/N-ethyl adjacent to an activating group) is 1. The molecule has 3 heteroatoms. The van der Waals surface area contributed by atoms with Gasteiger partial charge in [0, 0.05) is 22.9 Å². The lowest BCUT2D eigenvalue weighted by molar-refractivity contribution is 0.217. The molecular weight excluding hydrogens is 312 g/mol. The quantitative estimate of drug-likeness (QED) is 0.820. The molecule has 1 N–H and O–H groups in total. The van der Waals surface area contributed by atoms with Crippen molar-refractivity contribution in [3.63, 3.8) is 0 Å². The summed E-state index contributed by atoms with van der Waals surface area (Å²) in [5.74, 6) is 1.81. The highest BCUT2D eigenvalue weighted by molar-refractivity contribution is 9.10. The molecule has 1 aromatic rings. The van der Waals surface area contributed by atoms with Crippen LogP contribution in [0.2, 0.25) is 0 Å². The standard InChI is InChI=1S/C17H27BrN2/c1-3-4-13-5-7-15(8-6-13)17(19-2)10-14-9-16(18)12-20-11-14/h9,11-13,15,17,19H,3-8,10H2,1-2H3. The molecule has 2 nitrogen and oxygen atoms in total. The maximum atomic E-state index is 4.28. The van der Waals surface area contributed by atoms with E-state index in [2.05, 4.69) is 46.3 Å². The van der Waals surface area contributed by atoms with Gasteiger partial charge < -0.3 is 5.32 Å². The van der Waals surface area contributed by atoms with Gasteiger partial charge in [-0.15, -0.1) is 0 Å². The molecule has 0 amide bonds. The summed E-state index contributed by atoms with van der Waals surface area (Å²) in [4.78, 5) is 4.28. The molecule has 1 unspecified atom stereocenters. The van der Waals surface area contributed by atoms with Crippen LogP contribution in [0.25, 0.3) is 0 Å². The number of nitrogens with one attached hydrogen (secondary N) is 1. The van der Waals surface area contributed by atoms with Gasteiger partial charge in [-0.3, -0.25) is 4.98 Å². The summed E-state index contributed by atoms with van der Waals surface area (Å²) in [5.41, 5.74) is 1.33. The van der Waals surface area contributed by atoms with Gasteiger partial charge in [-0.05, 0) is 65.7 Å². The summed E-state index contributed by atoms with van der Waals surface area (Å²) in [6.07, 6.45) is 13.3. The van der Waals surface area contributed by atoms with Crippen LogP contribution >= 0.6 is 15.9 Å². The first-order valence-corrected chi connectivity index (χ1v) is 8.79. The molecule has 0 aliphatic heterocycles. The highest BCUT2D eigenvalue weighted by atomic mass is 79.9. The van der Waals surface area contributed by atoms with E-state index < -0.39 is 0 Å². The van der Waals surface area contributed by atoms with E-state index in [4.69, 9.17) is 0 Å². The van der Waals surface area contributed by atoms with Crippen molar-refractivity contribution in [1.29, 1.82) is 0 Å². The van der Waals surface area contributed by atoms with Crippen LogP contribution in [0.3, 0.4) is 0 Å². The van der Waals surface area contributed by atoms with Gasteiger partial charge in [-0.1, -0.05) is 32.6 Å². The highest BCUT2D eigenvalue weighted by Gasteiger charge is 2.26. The lowest BCUT2D eigenvalue weighted by atomic mass is 9.76. The Hall–Kier alpha value is -0.410. The van der Waals surface area contributed by atoms with Crippen molar-refractivity contribution in [2.24, 2.45) is 11.8 Å². The van der Waals surface area contributed by atoms with Gasteiger partial charge in [0.05, 0.1) is 0 Å². The minimum atomic E-state index is 0.591. The van der Waals surface area contributed by atoms with Crippen molar-refractivity contribution in [1.82, 2.24) is 10.3 Å². The van der Waals surface area contributed by atoms with Crippen LogP contribution in [0, 0.1) is 11.8 Å². The van der Waals surface area contributed by atoms with E-state index in [0.29, 0.717) is 6.04 Å². The van der Waals surface area contributed by atoms with E-state index in [9.17, 15) is 0 Å². The molecule has 1 saturated carbocycles. The molecule has 0 radical (unpaired) electrons. The molecule has 0 saturated heterocycles. The third-order valence-corrected chi connectivity index (χ3v) is 5.18. The Morgan fingerprint density at radius 1 is 1.30 bits per heavy atom. The monoisotopic (exact) mass is 338 g/mol. The average molecular weight is 339 g/mol. The number of aromatic nitrogens is 1. The zero-order valence-electron chi connectivity index (χ0n) is 12.7. The second-order valence-corrected chi connectivity index (χ2v) is 7.10. The van der Waals surface area contributed by atoms with E-state index in [0.717, 1.165) is 22.7 Å². The van der Waals surface area contributed by atoms with Gasteiger partial charge in [0.1, 0.15) is 0 Å². The van der Waals surface area contributed by atoms with E-state index in [1.54, 1.807) is 0 Å². The van der Waals surface area contributed by atoms with Gasteiger partial charge in [-0.2, -0.15) is 0 Å². The number of rotatable bonds is 6. The molecule has 20 heavy (non-hydrogen) atoms. The van der Waals surface area contributed by atoms with Gasteiger partial charge in [-0.25, -0.2) is 0 Å². The summed E-state index contributed by atoms with van der Waals surface area (Å²) >= 11 is 3.51. The Morgan fingerprint density at radius 3 is 2.65 bits per heavy atom. The summed E-state index contributed by atoms with van der Waals surface area (Å²) in [6.45, 7) is 2.31. The first-order valence-electron chi connectivity index (χ1n) is 7.99. The van der Waals surface area contributed by atoms with Crippen molar-refractivity contribution in [3.8, 4) is 0 Å². The van der Waals surface area contributed by atoms with Crippen LogP contribution < -0.4 is 5.32 Å². The van der Waals surface area contributed by atoms with Crippen LogP contribution in [-0.4, -0.2) is 18.1 Å². The maximum Gasteiger partial charge on any atom is 0.0410 e. The molecule has 1 fully saturated rings. The number of hydrogen-bond acceptors (Lipinski definition) is 2. The Bertz CT molecular complexity index is 400. The SMILES string of the molecule is CCCC1CCC(C(Cc2cncc(Br)c2)NC)CC1. The number of hydrogen-bond donors (Lipinski definition) is 1. The van der Waals surface area contributed by atoms with E-state index in [1.165, 1.54) is 44.1 Å². The molecule has 1 atom stereocenters. The van der Waals surface area contributed by atoms with Gasteiger partial charge >= 0.3 is 0 Å². The molecule has 0 bridgehead atoms. The molecule has 112 valence electrons. The average Bonchev–Trinajstić information content (AvgIpc) is 2.46. The molecule has 2 rings (SSSR count). The second kappa shape index (κ2) is 8.14. The Balaban J connectivity index is 1.89. The third-order valence-electron chi connectivity index (χ3n) is 4.75. The van der Waals surface area contributed by atoms with Crippen molar-refractivity contribution in [2.45, 2.75) is 57.9 Å². The van der Waals surface area contributed by atoms with Gasteiger partial charge in [0.25, 0.3) is 0 Å². The first-order chi connectivity index (χ1) is 9.72. The zero-order valence-corrected chi connectivity index (χ0v) is 14.3. The number of pyridine rings is 1. The fourth-order valence-corrected chi connectivity index (χ4v) is 4.03. The van der Waals surface area contributed by atoms with Crippen molar-refractivity contribution in [3.05, 3.63) is 28.5 Å². The minimum absolute atomic E-state index is 0.591. The Kier molecular flexibility index (Phi) is 6.50. The van der Waals surface area contributed by atoms with E-state index >= 15 is 0 Å². The minimum Gasteiger partial charge on any atom is -0.316 e. The first kappa shape index (κ1) is 16.0. The van der Waals surface area contributed by atoms with E-state index in [1.807, 2.05) is 12.4 Å². The summed E-state index contributed by atoms with van der Waals surface area (Å²) in [6, 6.07) is 2.79. The Labute approximate surface area is 131 Å². The topological polar surface area (TPSA) is 24.9 Å². The largest absolute Gasteiger partial charge is 0.316 e. The fourth-order valence-electron chi connectivity index (χ4n) is 3.61. The molecule has 1 aliphatic rings. The summed E-state index contributed by atoms with van der Waals surface area (Å²) in [7, 11) is 2.11. The van der Waals surface area contributed by atoms with E-state index in [-0.39, 0.29) is 0 Å². The van der Waals surface area contributed by atoms with Crippen molar-refractivity contribution < 1.29 is 0 Å². The Morgan fingerprint density at radius 2 is 2.05 bits per heavy atom. The zero-order chi connectivity index (χ0) is 14.4. The van der Waals surface area contributed by atoms with Crippen molar-refractivity contribution in [2.75, 3.05) is 7.05 Å². The molecule has 1 aliphatic carbocycles. The lowest BCUT2D eigenvalue weighted by Gasteiger charge is -2.34. The van der Waals surface area contributed by atoms with Gasteiger partial charge in [0.2, 0.25) is 0 Å². The molecular formula is C17H27BrN2. The van der Waals surface area contributed by atoms with Crippen LogP contribution in [0.5, 0.6) is 0 Å². The molecule has 0 aromatic carbocycles.